The molecule has 5 rings (SSSR count). The van der Waals surface area contributed by atoms with E-state index in [2.05, 4.69) is 19.2 Å². The molecule has 0 radical (unpaired) electrons. The zero-order valence-corrected chi connectivity index (χ0v) is 18.7. The molecule has 5 fully saturated rings. The van der Waals surface area contributed by atoms with E-state index < -0.39 is 29.8 Å². The Kier molecular flexibility index (Phi) is 6.61. The minimum atomic E-state index is -0.826. The molecule has 176 valence electrons. The Labute approximate surface area is 183 Å². The number of unbranched alkanes of at least 4 members (excludes halogenated alkanes) is 2. The number of hydrogen-bond donors (Lipinski definition) is 3. The molecule has 9 heteroatoms. The van der Waals surface area contributed by atoms with E-state index in [4.69, 9.17) is 24.5 Å². The van der Waals surface area contributed by atoms with Gasteiger partial charge in [-0.1, -0.05) is 20.3 Å². The largest absolute Gasteiger partial charge is 0.330 e. The van der Waals surface area contributed by atoms with Gasteiger partial charge in [-0.3, -0.25) is 14.8 Å². The third kappa shape index (κ3) is 4.23. The van der Waals surface area contributed by atoms with Gasteiger partial charge in [0.25, 0.3) is 0 Å². The van der Waals surface area contributed by atoms with Crippen molar-refractivity contribution in [2.24, 2.45) is 23.7 Å². The molecular formula is C22H36N2O7. The molecule has 0 aromatic carbocycles. The highest BCUT2D eigenvalue weighted by Crippen LogP contribution is 2.60. The maximum Gasteiger partial charge on any atom is 0.243 e. The molecule has 0 aromatic heterocycles. The Hall–Kier alpha value is -1.26. The van der Waals surface area contributed by atoms with Crippen molar-refractivity contribution in [2.75, 3.05) is 0 Å². The summed E-state index contributed by atoms with van der Waals surface area (Å²) in [7, 11) is 0. The predicted octanol–water partition coefficient (Wildman–Crippen LogP) is 2.77. The van der Waals surface area contributed by atoms with E-state index in [9.17, 15) is 9.59 Å². The van der Waals surface area contributed by atoms with Gasteiger partial charge in [0.05, 0.1) is 0 Å². The van der Waals surface area contributed by atoms with Crippen molar-refractivity contribution < 1.29 is 34.0 Å². The first-order chi connectivity index (χ1) is 14.8. The first-order valence-corrected chi connectivity index (χ1v) is 11.7. The summed E-state index contributed by atoms with van der Waals surface area (Å²) in [5.41, 5.74) is 0.995. The summed E-state index contributed by atoms with van der Waals surface area (Å²) in [6, 6.07) is 0. The van der Waals surface area contributed by atoms with Crippen LogP contribution in [0.25, 0.3) is 0 Å². The van der Waals surface area contributed by atoms with Crippen LogP contribution >= 0.6 is 0 Å². The van der Waals surface area contributed by atoms with Crippen molar-refractivity contribution in [1.29, 1.82) is 0 Å². The summed E-state index contributed by atoms with van der Waals surface area (Å²) in [4.78, 5) is 35.6. The number of nitrogens with one attached hydrogen (secondary N) is 2. The Morgan fingerprint density at radius 1 is 1.00 bits per heavy atom. The van der Waals surface area contributed by atoms with Crippen molar-refractivity contribution in [3.05, 3.63) is 0 Å². The highest BCUT2D eigenvalue weighted by atomic mass is 17.3. The second-order valence-corrected chi connectivity index (χ2v) is 9.99. The fraction of sp³-hybridized carbons (Fsp3) is 0.909. The Morgan fingerprint density at radius 3 is 2.48 bits per heavy atom. The van der Waals surface area contributed by atoms with E-state index >= 15 is 0 Å². The van der Waals surface area contributed by atoms with Crippen molar-refractivity contribution in [1.82, 2.24) is 10.8 Å². The zero-order valence-electron chi connectivity index (χ0n) is 18.7. The number of fused-ring (bicyclic) bond motifs is 2. The summed E-state index contributed by atoms with van der Waals surface area (Å²) in [5.74, 6) is -0.247. The van der Waals surface area contributed by atoms with Crippen LogP contribution in [0.4, 0.5) is 0 Å². The summed E-state index contributed by atoms with van der Waals surface area (Å²) in [5, 5.41) is 11.6. The maximum absolute atomic E-state index is 12.6. The van der Waals surface area contributed by atoms with Crippen molar-refractivity contribution in [3.8, 4) is 0 Å². The van der Waals surface area contributed by atoms with Gasteiger partial charge in [-0.25, -0.2) is 15.3 Å². The van der Waals surface area contributed by atoms with Gasteiger partial charge in [0.15, 0.2) is 11.9 Å². The molecule has 4 saturated heterocycles. The molecule has 8 atom stereocenters. The standard InChI is InChI=1S/C22H36N2O7/c1-13-9-10-16-14(2)19(23-17(25)7-5-4-6-8-18(26)24-27)28-20-22(16)15(13)11-12-21(3,29-20)30-31-22/h13-16,19-20,27H,4-12H2,1-3H3,(H,23,25)(H,24,26)/t13-,14-,15+,16+,19+,20-,21-,22-/m1/s1. The number of hydroxylamine groups is 1. The average Bonchev–Trinajstić information content (AvgIpc) is 2.97. The van der Waals surface area contributed by atoms with E-state index in [0.29, 0.717) is 31.1 Å². The minimum Gasteiger partial charge on any atom is -0.330 e. The Bertz CT molecular complexity index is 691. The number of rotatable bonds is 7. The first kappa shape index (κ1) is 22.9. The topological polar surface area (TPSA) is 115 Å². The number of ether oxygens (including phenoxy) is 2. The van der Waals surface area contributed by atoms with Gasteiger partial charge < -0.3 is 14.8 Å². The maximum atomic E-state index is 12.6. The zero-order chi connectivity index (χ0) is 22.2. The quantitative estimate of drug-likeness (QED) is 0.241. The Morgan fingerprint density at radius 2 is 1.74 bits per heavy atom. The lowest BCUT2D eigenvalue weighted by atomic mass is 9.58. The SMILES string of the molecule is C[C@H]1[C@@H](NC(=O)CCCCCC(=O)NO)O[C@@H]2O[C@@]3(C)CC[C@H]4[C@H](C)CC[C@@H]1[C@@]24OO3. The van der Waals surface area contributed by atoms with Gasteiger partial charge in [0, 0.05) is 31.1 Å². The lowest BCUT2D eigenvalue weighted by molar-refractivity contribution is -0.571. The van der Waals surface area contributed by atoms with Crippen LogP contribution in [-0.4, -0.2) is 40.9 Å². The van der Waals surface area contributed by atoms with E-state index in [-0.39, 0.29) is 24.2 Å². The van der Waals surface area contributed by atoms with Crippen molar-refractivity contribution in [3.63, 3.8) is 0 Å². The van der Waals surface area contributed by atoms with Crippen LogP contribution in [0.1, 0.15) is 78.6 Å². The smallest absolute Gasteiger partial charge is 0.243 e. The fourth-order valence-corrected chi connectivity index (χ4v) is 6.10. The second kappa shape index (κ2) is 8.94. The summed E-state index contributed by atoms with van der Waals surface area (Å²) < 4.78 is 12.7. The molecule has 1 spiro atoms. The summed E-state index contributed by atoms with van der Waals surface area (Å²) >= 11 is 0. The van der Waals surface area contributed by atoms with Gasteiger partial charge >= 0.3 is 0 Å². The second-order valence-electron chi connectivity index (χ2n) is 9.99. The van der Waals surface area contributed by atoms with E-state index in [0.717, 1.165) is 32.1 Å². The summed E-state index contributed by atoms with van der Waals surface area (Å²) in [6.45, 7) is 6.28. The third-order valence-electron chi connectivity index (χ3n) is 7.89. The molecule has 3 N–H and O–H groups in total. The molecule has 2 amide bonds. The fourth-order valence-electron chi connectivity index (χ4n) is 6.10. The third-order valence-corrected chi connectivity index (χ3v) is 7.89. The van der Waals surface area contributed by atoms with E-state index in [1.54, 1.807) is 5.48 Å². The average molecular weight is 441 g/mol. The van der Waals surface area contributed by atoms with Gasteiger partial charge in [-0.2, -0.15) is 0 Å². The monoisotopic (exact) mass is 440 g/mol. The predicted molar refractivity (Wildman–Crippen MR) is 108 cm³/mol. The highest BCUT2D eigenvalue weighted by Gasteiger charge is 2.69. The lowest BCUT2D eigenvalue weighted by Gasteiger charge is -2.60. The normalized spacial score (nSPS) is 43.6. The lowest BCUT2D eigenvalue weighted by Crippen LogP contribution is -2.71. The molecular weight excluding hydrogens is 404 g/mol. The van der Waals surface area contributed by atoms with Gasteiger partial charge in [-0.05, 0) is 50.9 Å². The molecule has 1 saturated carbocycles. The van der Waals surface area contributed by atoms with Crippen molar-refractivity contribution in [2.45, 2.75) is 102 Å². The Balaban J connectivity index is 1.39. The van der Waals surface area contributed by atoms with Gasteiger partial charge in [0.1, 0.15) is 6.23 Å². The molecule has 5 aliphatic rings. The van der Waals surface area contributed by atoms with Gasteiger partial charge in [0.2, 0.25) is 17.6 Å². The molecule has 0 aromatic rings. The van der Waals surface area contributed by atoms with Crippen LogP contribution in [-0.2, 0) is 28.8 Å². The number of hydrogen-bond acceptors (Lipinski definition) is 7. The van der Waals surface area contributed by atoms with Crippen LogP contribution in [0, 0.1) is 23.7 Å². The number of amides is 2. The summed E-state index contributed by atoms with van der Waals surface area (Å²) in [6.07, 6.45) is 5.51. The molecule has 0 unspecified atom stereocenters. The molecule has 9 nitrogen and oxygen atoms in total. The molecule has 1 aliphatic carbocycles. The first-order valence-electron chi connectivity index (χ1n) is 11.7. The molecule has 4 heterocycles. The van der Waals surface area contributed by atoms with Crippen LogP contribution < -0.4 is 10.8 Å². The van der Waals surface area contributed by atoms with E-state index in [1.807, 2.05) is 6.92 Å². The van der Waals surface area contributed by atoms with E-state index in [1.165, 1.54) is 0 Å². The number of carbonyl (C=O) groups excluding carboxylic acids is 2. The van der Waals surface area contributed by atoms with Crippen LogP contribution in [0.2, 0.25) is 0 Å². The van der Waals surface area contributed by atoms with Gasteiger partial charge in [-0.15, -0.1) is 0 Å². The van der Waals surface area contributed by atoms with Crippen LogP contribution in [0.3, 0.4) is 0 Å². The highest BCUT2D eigenvalue weighted by molar-refractivity contribution is 5.76. The van der Waals surface area contributed by atoms with Crippen LogP contribution in [0.5, 0.6) is 0 Å². The minimum absolute atomic E-state index is 0.0673. The molecule has 2 bridgehead atoms. The number of carbonyl (C=O) groups is 2. The van der Waals surface area contributed by atoms with Crippen molar-refractivity contribution >= 4 is 11.8 Å². The molecule has 4 aliphatic heterocycles. The van der Waals surface area contributed by atoms with Crippen LogP contribution in [0.15, 0.2) is 0 Å². The molecule has 31 heavy (non-hydrogen) atoms.